The number of rotatable bonds is 2. The van der Waals surface area contributed by atoms with E-state index in [0.717, 1.165) is 16.5 Å². The second-order valence-corrected chi connectivity index (χ2v) is 5.64. The first-order valence-corrected chi connectivity index (χ1v) is 7.05. The molecule has 0 saturated carbocycles. The highest BCUT2D eigenvalue weighted by Crippen LogP contribution is 2.33. The van der Waals surface area contributed by atoms with Gasteiger partial charge >= 0.3 is 0 Å². The Morgan fingerprint density at radius 3 is 2.68 bits per heavy atom. The van der Waals surface area contributed by atoms with E-state index >= 15 is 0 Å². The molecule has 3 rings (SSSR count). The summed E-state index contributed by atoms with van der Waals surface area (Å²) in [5.74, 6) is 0. The van der Waals surface area contributed by atoms with Crippen molar-refractivity contribution in [2.24, 2.45) is 0 Å². The lowest BCUT2D eigenvalue weighted by atomic mass is 10.00. The molecule has 0 amide bonds. The SMILES string of the molecule is Cc1cnc2[nH]c(=O)c([C@@H]3O[C@H](CO)C(O)C3O)cc2c1C. The Balaban J connectivity index is 2.13. The third-order valence-electron chi connectivity index (χ3n) is 4.28. The molecule has 2 aromatic heterocycles. The molecule has 4 atom stereocenters. The van der Waals surface area contributed by atoms with Crippen molar-refractivity contribution < 1.29 is 20.1 Å². The first-order valence-electron chi connectivity index (χ1n) is 7.05. The average molecular weight is 306 g/mol. The van der Waals surface area contributed by atoms with Crippen molar-refractivity contribution in [2.75, 3.05) is 6.61 Å². The predicted octanol–water partition coefficient (Wildman–Crippen LogP) is -0.306. The maximum atomic E-state index is 12.2. The quantitative estimate of drug-likeness (QED) is 0.605. The zero-order chi connectivity index (χ0) is 16.0. The van der Waals surface area contributed by atoms with Crippen LogP contribution in [0, 0.1) is 13.8 Å². The summed E-state index contributed by atoms with van der Waals surface area (Å²) >= 11 is 0. The Hall–Kier alpha value is -1.80. The van der Waals surface area contributed by atoms with Gasteiger partial charge in [-0.05, 0) is 31.0 Å². The molecule has 0 aromatic carbocycles. The highest BCUT2D eigenvalue weighted by atomic mass is 16.6. The minimum atomic E-state index is -1.27. The van der Waals surface area contributed by atoms with Crippen LogP contribution in [0.1, 0.15) is 22.8 Å². The van der Waals surface area contributed by atoms with Gasteiger partial charge in [-0.25, -0.2) is 4.98 Å². The van der Waals surface area contributed by atoms with Gasteiger partial charge in [0.25, 0.3) is 5.56 Å². The molecule has 2 aromatic rings. The monoisotopic (exact) mass is 306 g/mol. The summed E-state index contributed by atoms with van der Waals surface area (Å²) in [6.07, 6.45) is -2.72. The molecular formula is C15H18N2O5. The van der Waals surface area contributed by atoms with Crippen LogP contribution in [-0.4, -0.2) is 50.2 Å². The van der Waals surface area contributed by atoms with E-state index in [-0.39, 0.29) is 5.56 Å². The van der Waals surface area contributed by atoms with Crippen LogP contribution in [0.5, 0.6) is 0 Å². The Bertz CT molecular complexity index is 772. The lowest BCUT2D eigenvalue weighted by molar-refractivity contribution is -0.0231. The largest absolute Gasteiger partial charge is 0.394 e. The molecule has 22 heavy (non-hydrogen) atoms. The number of H-pyrrole nitrogens is 1. The van der Waals surface area contributed by atoms with Crippen LogP contribution in [0.2, 0.25) is 0 Å². The number of aromatic amines is 1. The number of ether oxygens (including phenoxy) is 1. The van der Waals surface area contributed by atoms with E-state index in [1.54, 1.807) is 12.3 Å². The van der Waals surface area contributed by atoms with Crippen LogP contribution in [0.15, 0.2) is 17.1 Å². The predicted molar refractivity (Wildman–Crippen MR) is 78.6 cm³/mol. The van der Waals surface area contributed by atoms with Gasteiger partial charge < -0.3 is 25.0 Å². The van der Waals surface area contributed by atoms with Crippen molar-refractivity contribution in [3.8, 4) is 0 Å². The molecule has 1 fully saturated rings. The fourth-order valence-corrected chi connectivity index (χ4v) is 2.76. The number of aliphatic hydroxyl groups is 3. The first kappa shape index (κ1) is 15.1. The number of aryl methyl sites for hydroxylation is 2. The molecule has 0 aliphatic carbocycles. The second-order valence-electron chi connectivity index (χ2n) is 5.64. The van der Waals surface area contributed by atoms with E-state index < -0.39 is 36.6 Å². The fraction of sp³-hybridized carbons (Fsp3) is 0.467. The van der Waals surface area contributed by atoms with Gasteiger partial charge in [0, 0.05) is 17.1 Å². The van der Waals surface area contributed by atoms with Crippen molar-refractivity contribution in [1.82, 2.24) is 9.97 Å². The molecule has 2 unspecified atom stereocenters. The van der Waals surface area contributed by atoms with Crippen LogP contribution >= 0.6 is 0 Å². The minimum absolute atomic E-state index is 0.213. The first-order chi connectivity index (χ1) is 10.4. The van der Waals surface area contributed by atoms with Gasteiger partial charge in [0.15, 0.2) is 0 Å². The van der Waals surface area contributed by atoms with Crippen molar-refractivity contribution in [3.63, 3.8) is 0 Å². The number of pyridine rings is 2. The molecule has 1 aliphatic heterocycles. The molecule has 0 spiro atoms. The van der Waals surface area contributed by atoms with Crippen molar-refractivity contribution >= 4 is 11.0 Å². The zero-order valence-corrected chi connectivity index (χ0v) is 12.3. The number of hydrogen-bond acceptors (Lipinski definition) is 6. The van der Waals surface area contributed by atoms with Crippen molar-refractivity contribution in [3.05, 3.63) is 39.3 Å². The summed E-state index contributed by atoms with van der Waals surface area (Å²) < 4.78 is 5.43. The third-order valence-corrected chi connectivity index (χ3v) is 4.28. The summed E-state index contributed by atoms with van der Waals surface area (Å²) in [4.78, 5) is 19.1. The highest BCUT2D eigenvalue weighted by Gasteiger charge is 2.44. The molecule has 1 aliphatic rings. The van der Waals surface area contributed by atoms with Crippen LogP contribution in [0.4, 0.5) is 0 Å². The van der Waals surface area contributed by atoms with E-state index in [9.17, 15) is 15.0 Å². The molecule has 1 saturated heterocycles. The Morgan fingerprint density at radius 2 is 2.05 bits per heavy atom. The number of nitrogens with one attached hydrogen (secondary N) is 1. The van der Waals surface area contributed by atoms with Gasteiger partial charge in [0.1, 0.15) is 30.1 Å². The molecule has 3 heterocycles. The lowest BCUT2D eigenvalue weighted by Crippen LogP contribution is -2.33. The van der Waals surface area contributed by atoms with Gasteiger partial charge in [-0.3, -0.25) is 4.79 Å². The Morgan fingerprint density at radius 1 is 1.32 bits per heavy atom. The van der Waals surface area contributed by atoms with E-state index in [1.165, 1.54) is 0 Å². The van der Waals surface area contributed by atoms with Crippen LogP contribution in [0.3, 0.4) is 0 Å². The van der Waals surface area contributed by atoms with Gasteiger partial charge in [-0.1, -0.05) is 0 Å². The number of aliphatic hydroxyl groups excluding tert-OH is 3. The smallest absolute Gasteiger partial charge is 0.255 e. The Kier molecular flexibility index (Phi) is 3.73. The normalized spacial score (nSPS) is 28.4. The van der Waals surface area contributed by atoms with E-state index in [2.05, 4.69) is 9.97 Å². The van der Waals surface area contributed by atoms with Gasteiger partial charge in [0.05, 0.1) is 6.61 Å². The molecule has 118 valence electrons. The number of aromatic nitrogens is 2. The van der Waals surface area contributed by atoms with Crippen LogP contribution < -0.4 is 5.56 Å². The Labute approximate surface area is 126 Å². The molecule has 7 nitrogen and oxygen atoms in total. The fourth-order valence-electron chi connectivity index (χ4n) is 2.76. The van der Waals surface area contributed by atoms with Gasteiger partial charge in [-0.15, -0.1) is 0 Å². The summed E-state index contributed by atoms with van der Waals surface area (Å²) in [7, 11) is 0. The van der Waals surface area contributed by atoms with Crippen LogP contribution in [0.25, 0.3) is 11.0 Å². The van der Waals surface area contributed by atoms with Crippen molar-refractivity contribution in [2.45, 2.75) is 38.3 Å². The number of nitrogens with zero attached hydrogens (tertiary/aromatic N) is 1. The van der Waals surface area contributed by atoms with Gasteiger partial charge in [-0.2, -0.15) is 0 Å². The van der Waals surface area contributed by atoms with Gasteiger partial charge in [0.2, 0.25) is 0 Å². The zero-order valence-electron chi connectivity index (χ0n) is 12.3. The topological polar surface area (TPSA) is 116 Å². The lowest BCUT2D eigenvalue weighted by Gasteiger charge is -2.15. The van der Waals surface area contributed by atoms with E-state index in [4.69, 9.17) is 9.84 Å². The molecule has 4 N–H and O–H groups in total. The average Bonchev–Trinajstić information content (AvgIpc) is 2.79. The standard InChI is InChI=1S/C15H18N2O5/c1-6-4-16-14-8(7(6)2)3-9(15(21)17-14)13-12(20)11(19)10(5-18)22-13/h3-4,10-13,18-20H,5H2,1-2H3,(H,16,17,21)/t10-,11?,12?,13+/m1/s1. The highest BCUT2D eigenvalue weighted by molar-refractivity contribution is 5.80. The molecule has 0 bridgehead atoms. The summed E-state index contributed by atoms with van der Waals surface area (Å²) in [6.45, 7) is 3.40. The third kappa shape index (κ3) is 2.22. The molecular weight excluding hydrogens is 288 g/mol. The second kappa shape index (κ2) is 5.44. The number of hydrogen-bond donors (Lipinski definition) is 4. The van der Waals surface area contributed by atoms with Crippen molar-refractivity contribution in [1.29, 1.82) is 0 Å². The maximum absolute atomic E-state index is 12.2. The molecule has 0 radical (unpaired) electrons. The summed E-state index contributed by atoms with van der Waals surface area (Å²) in [6, 6.07) is 1.63. The van der Waals surface area contributed by atoms with E-state index in [0.29, 0.717) is 5.65 Å². The van der Waals surface area contributed by atoms with E-state index in [1.807, 2.05) is 13.8 Å². The maximum Gasteiger partial charge on any atom is 0.255 e. The summed E-state index contributed by atoms with van der Waals surface area (Å²) in [5, 5.41) is 29.8. The summed E-state index contributed by atoms with van der Waals surface area (Å²) in [5.41, 5.74) is 2.19. The number of fused-ring (bicyclic) bond motifs is 1. The minimum Gasteiger partial charge on any atom is -0.394 e. The molecule has 7 heteroatoms. The van der Waals surface area contributed by atoms with Crippen LogP contribution in [-0.2, 0) is 4.74 Å².